The second kappa shape index (κ2) is 5.70. The molecule has 0 bridgehead atoms. The van der Waals surface area contributed by atoms with Gasteiger partial charge in [0.05, 0.1) is 0 Å². The molecule has 3 heteroatoms. The summed E-state index contributed by atoms with van der Waals surface area (Å²) in [7, 11) is 0. The molecule has 0 aliphatic heterocycles. The normalized spacial score (nSPS) is 15.4. The summed E-state index contributed by atoms with van der Waals surface area (Å²) in [5, 5.41) is 0. The van der Waals surface area contributed by atoms with Crippen molar-refractivity contribution in [2.75, 3.05) is 0 Å². The minimum absolute atomic E-state index is 0.531. The van der Waals surface area contributed by atoms with Crippen LogP contribution in [0, 0.1) is 13.8 Å². The lowest BCUT2D eigenvalue weighted by atomic mass is 10.1. The Morgan fingerprint density at radius 3 is 2.60 bits per heavy atom. The molecule has 20 heavy (non-hydrogen) atoms. The maximum absolute atomic E-state index is 13.5. The largest absolute Gasteiger partial charge is 0.461 e. The van der Waals surface area contributed by atoms with Crippen LogP contribution < -0.4 is 4.74 Å². The highest BCUT2D eigenvalue weighted by Gasteiger charge is 2.19. The van der Waals surface area contributed by atoms with E-state index in [0.717, 1.165) is 29.9 Å². The van der Waals surface area contributed by atoms with Gasteiger partial charge in [-0.1, -0.05) is 17.7 Å². The van der Waals surface area contributed by atoms with Crippen LogP contribution in [-0.4, -0.2) is 5.85 Å². The summed E-state index contributed by atoms with van der Waals surface area (Å²) >= 11 is 0. The van der Waals surface area contributed by atoms with Crippen molar-refractivity contribution in [1.29, 1.82) is 0 Å². The van der Waals surface area contributed by atoms with Crippen LogP contribution in [0.5, 0.6) is 5.75 Å². The third-order valence-corrected chi connectivity index (χ3v) is 2.97. The molecule has 1 aliphatic rings. The molecule has 0 saturated heterocycles. The topological polar surface area (TPSA) is 18.5 Å². The van der Waals surface area contributed by atoms with Gasteiger partial charge < -0.3 is 9.47 Å². The molecule has 0 amide bonds. The molecule has 1 aliphatic carbocycles. The summed E-state index contributed by atoms with van der Waals surface area (Å²) in [4.78, 5) is 0. The number of aryl methyl sites for hydroxylation is 2. The van der Waals surface area contributed by atoms with Gasteiger partial charge in [-0.2, -0.15) is 4.39 Å². The number of alkyl halides is 1. The maximum Gasteiger partial charge on any atom is 0.242 e. The molecule has 0 aromatic heterocycles. The Balaban J connectivity index is 2.11. The molecule has 108 valence electrons. The molecule has 2 nitrogen and oxygen atoms in total. The Morgan fingerprint density at radius 2 is 1.95 bits per heavy atom. The minimum Gasteiger partial charge on any atom is -0.461 e. The third-order valence-electron chi connectivity index (χ3n) is 2.97. The lowest BCUT2D eigenvalue weighted by molar-refractivity contribution is -0.0751. The van der Waals surface area contributed by atoms with Crippen LogP contribution in [0.15, 0.2) is 41.9 Å². The first-order chi connectivity index (χ1) is 9.33. The Bertz CT molecular complexity index is 551. The third kappa shape index (κ3) is 4.12. The molecule has 0 radical (unpaired) electrons. The summed E-state index contributed by atoms with van der Waals surface area (Å²) in [6.07, 6.45) is 5.25. The smallest absolute Gasteiger partial charge is 0.242 e. The fourth-order valence-corrected chi connectivity index (χ4v) is 2.13. The van der Waals surface area contributed by atoms with Crippen molar-refractivity contribution >= 4 is 0 Å². The fourth-order valence-electron chi connectivity index (χ4n) is 2.13. The van der Waals surface area contributed by atoms with Crippen LogP contribution in [-0.2, 0) is 4.74 Å². The molecular weight excluding hydrogens is 255 g/mol. The van der Waals surface area contributed by atoms with Crippen molar-refractivity contribution in [3.8, 4) is 5.75 Å². The zero-order valence-electron chi connectivity index (χ0n) is 12.5. The monoisotopic (exact) mass is 276 g/mol. The first-order valence-corrected chi connectivity index (χ1v) is 6.87. The minimum atomic E-state index is -1.68. The Hall–Kier alpha value is -1.77. The molecular formula is C17H21FO2. The summed E-state index contributed by atoms with van der Waals surface area (Å²) in [5.41, 5.74) is 2.30. The van der Waals surface area contributed by atoms with Gasteiger partial charge in [-0.15, -0.1) is 0 Å². The van der Waals surface area contributed by atoms with Gasteiger partial charge >= 0.3 is 0 Å². The molecule has 0 atom stereocenters. The van der Waals surface area contributed by atoms with Gasteiger partial charge in [-0.25, -0.2) is 0 Å². The van der Waals surface area contributed by atoms with E-state index in [1.54, 1.807) is 6.08 Å². The summed E-state index contributed by atoms with van der Waals surface area (Å²) in [6.45, 7) is 6.85. The highest BCUT2D eigenvalue weighted by atomic mass is 19.2. The quantitative estimate of drug-likeness (QED) is 0.773. The van der Waals surface area contributed by atoms with Gasteiger partial charge in [0.1, 0.15) is 17.3 Å². The first kappa shape index (κ1) is 14.6. The SMILES string of the molecule is Cc1ccc(OC2=CC(OC(C)(C)F)=CCC2)c(C)c1. The number of hydrogen-bond donors (Lipinski definition) is 0. The van der Waals surface area contributed by atoms with Crippen LogP contribution >= 0.6 is 0 Å². The van der Waals surface area contributed by atoms with E-state index in [1.165, 1.54) is 19.4 Å². The zero-order valence-corrected chi connectivity index (χ0v) is 12.5. The van der Waals surface area contributed by atoms with E-state index >= 15 is 0 Å². The Kier molecular flexibility index (Phi) is 4.17. The molecule has 0 saturated carbocycles. The number of benzene rings is 1. The molecule has 0 spiro atoms. The summed E-state index contributed by atoms with van der Waals surface area (Å²) in [6, 6.07) is 6.06. The van der Waals surface area contributed by atoms with Gasteiger partial charge in [0, 0.05) is 26.3 Å². The second-order valence-electron chi connectivity index (χ2n) is 5.59. The lowest BCUT2D eigenvalue weighted by Gasteiger charge is -2.21. The Labute approximate surface area is 119 Å². The second-order valence-corrected chi connectivity index (χ2v) is 5.59. The highest BCUT2D eigenvalue weighted by Crippen LogP contribution is 2.27. The van der Waals surface area contributed by atoms with E-state index in [9.17, 15) is 4.39 Å². The van der Waals surface area contributed by atoms with Crippen molar-refractivity contribution in [3.63, 3.8) is 0 Å². The predicted molar refractivity (Wildman–Crippen MR) is 78.2 cm³/mol. The first-order valence-electron chi connectivity index (χ1n) is 6.87. The molecule has 2 rings (SSSR count). The molecule has 0 heterocycles. The number of ether oxygens (including phenoxy) is 2. The van der Waals surface area contributed by atoms with Gasteiger partial charge in [-0.3, -0.25) is 0 Å². The predicted octanol–water partition coefficient (Wildman–Crippen LogP) is 4.97. The van der Waals surface area contributed by atoms with Crippen LogP contribution in [0.1, 0.15) is 37.8 Å². The van der Waals surface area contributed by atoms with Crippen molar-refractivity contribution in [2.45, 2.75) is 46.4 Å². The Morgan fingerprint density at radius 1 is 1.20 bits per heavy atom. The van der Waals surface area contributed by atoms with E-state index in [4.69, 9.17) is 9.47 Å². The highest BCUT2D eigenvalue weighted by molar-refractivity contribution is 5.37. The molecule has 0 unspecified atom stereocenters. The van der Waals surface area contributed by atoms with E-state index in [-0.39, 0.29) is 0 Å². The van der Waals surface area contributed by atoms with Crippen LogP contribution in [0.3, 0.4) is 0 Å². The number of halogens is 1. The van der Waals surface area contributed by atoms with Gasteiger partial charge in [0.2, 0.25) is 5.85 Å². The van der Waals surface area contributed by atoms with E-state index in [0.29, 0.717) is 5.76 Å². The lowest BCUT2D eigenvalue weighted by Crippen LogP contribution is -2.17. The number of rotatable bonds is 4. The average Bonchev–Trinajstić information content (AvgIpc) is 2.31. The number of allylic oxidation sites excluding steroid dienone is 3. The van der Waals surface area contributed by atoms with Gasteiger partial charge in [0.15, 0.2) is 0 Å². The average molecular weight is 276 g/mol. The van der Waals surface area contributed by atoms with E-state index in [1.807, 2.05) is 25.1 Å². The van der Waals surface area contributed by atoms with Crippen LogP contribution in [0.4, 0.5) is 4.39 Å². The molecule has 0 N–H and O–H groups in total. The van der Waals surface area contributed by atoms with E-state index in [2.05, 4.69) is 13.0 Å². The maximum atomic E-state index is 13.5. The van der Waals surface area contributed by atoms with Crippen LogP contribution in [0.2, 0.25) is 0 Å². The standard InChI is InChI=1S/C17H21FO2/c1-12-8-9-16(13(2)10-12)19-14-6-5-7-15(11-14)20-17(3,4)18/h7-11H,5-6H2,1-4H3. The van der Waals surface area contributed by atoms with Crippen molar-refractivity contribution in [2.24, 2.45) is 0 Å². The van der Waals surface area contributed by atoms with Crippen LogP contribution in [0.25, 0.3) is 0 Å². The molecule has 0 fully saturated rings. The fraction of sp³-hybridized carbons (Fsp3) is 0.412. The van der Waals surface area contributed by atoms with Gasteiger partial charge in [-0.05, 0) is 38.0 Å². The van der Waals surface area contributed by atoms with Crippen molar-refractivity contribution in [3.05, 3.63) is 53.0 Å². The van der Waals surface area contributed by atoms with Crippen molar-refractivity contribution in [1.82, 2.24) is 0 Å². The molecule has 1 aromatic carbocycles. The number of hydrogen-bond acceptors (Lipinski definition) is 2. The van der Waals surface area contributed by atoms with Crippen molar-refractivity contribution < 1.29 is 13.9 Å². The zero-order chi connectivity index (χ0) is 14.8. The summed E-state index contributed by atoms with van der Waals surface area (Å²) in [5.74, 6) is 0.495. The van der Waals surface area contributed by atoms with Gasteiger partial charge in [0.25, 0.3) is 0 Å². The molecule has 1 aromatic rings. The van der Waals surface area contributed by atoms with E-state index < -0.39 is 5.85 Å². The summed E-state index contributed by atoms with van der Waals surface area (Å²) < 4.78 is 24.6.